The van der Waals surface area contributed by atoms with Crippen LogP contribution in [0.15, 0.2) is 60.7 Å². The second-order valence-corrected chi connectivity index (χ2v) is 4.95. The molecule has 1 aliphatic heterocycles. The van der Waals surface area contributed by atoms with Crippen LogP contribution in [0.3, 0.4) is 0 Å². The van der Waals surface area contributed by atoms with Gasteiger partial charge in [-0.15, -0.1) is 0 Å². The van der Waals surface area contributed by atoms with Gasteiger partial charge in [0.05, 0.1) is 6.04 Å². The number of hydrogen-bond acceptors (Lipinski definition) is 2. The van der Waals surface area contributed by atoms with Gasteiger partial charge in [0, 0.05) is 25.1 Å². The fourth-order valence-corrected chi connectivity index (χ4v) is 2.73. The quantitative estimate of drug-likeness (QED) is 0.813. The van der Waals surface area contributed by atoms with E-state index < -0.39 is 0 Å². The van der Waals surface area contributed by atoms with Crippen LogP contribution in [-0.4, -0.2) is 12.3 Å². The molecule has 1 atom stereocenters. The number of piperidine rings is 1. The summed E-state index contributed by atoms with van der Waals surface area (Å²) in [6.07, 6.45) is 1.26. The van der Waals surface area contributed by atoms with Crippen LogP contribution in [0, 0.1) is 0 Å². The average Bonchev–Trinajstić information content (AvgIpc) is 2.49. The minimum absolute atomic E-state index is 0.171. The lowest BCUT2D eigenvalue weighted by atomic mass is 9.94. The van der Waals surface area contributed by atoms with E-state index in [0.29, 0.717) is 18.6 Å². The molecule has 1 saturated heterocycles. The summed E-state index contributed by atoms with van der Waals surface area (Å²) >= 11 is 0. The monoisotopic (exact) mass is 251 g/mol. The highest BCUT2D eigenvalue weighted by Gasteiger charge is 2.28. The number of carbonyl (C=O) groups is 1. The molecule has 2 aromatic carbocycles. The Kier molecular flexibility index (Phi) is 3.32. The third-order valence-electron chi connectivity index (χ3n) is 3.70. The van der Waals surface area contributed by atoms with Crippen LogP contribution in [0.2, 0.25) is 0 Å². The largest absolute Gasteiger partial charge is 0.364 e. The lowest BCUT2D eigenvalue weighted by molar-refractivity contribution is -0.120. The Hall–Kier alpha value is -2.09. The van der Waals surface area contributed by atoms with Gasteiger partial charge in [-0.25, -0.2) is 0 Å². The smallest absolute Gasteiger partial charge is 0.137 e. The summed E-state index contributed by atoms with van der Waals surface area (Å²) in [5, 5.41) is 0. The third-order valence-corrected chi connectivity index (χ3v) is 3.70. The van der Waals surface area contributed by atoms with Gasteiger partial charge in [0.1, 0.15) is 5.78 Å². The summed E-state index contributed by atoms with van der Waals surface area (Å²) in [4.78, 5) is 14.1. The van der Waals surface area contributed by atoms with E-state index in [-0.39, 0.29) is 6.04 Å². The molecular weight excluding hydrogens is 234 g/mol. The van der Waals surface area contributed by atoms with Crippen LogP contribution in [0.4, 0.5) is 5.69 Å². The molecule has 0 bridgehead atoms. The van der Waals surface area contributed by atoms with Gasteiger partial charge in [-0.2, -0.15) is 0 Å². The van der Waals surface area contributed by atoms with Crippen molar-refractivity contribution in [3.8, 4) is 0 Å². The Balaban J connectivity index is 1.95. The van der Waals surface area contributed by atoms with Gasteiger partial charge in [-0.05, 0) is 17.7 Å². The summed E-state index contributed by atoms with van der Waals surface area (Å²) in [7, 11) is 0. The standard InChI is InChI=1S/C17H17NO/c19-16-11-12-18(15-9-5-2-6-10-15)17(13-16)14-7-3-1-4-8-14/h1-10,17H,11-13H2/t17-/m0/s1. The van der Waals surface area contributed by atoms with Crippen LogP contribution in [-0.2, 0) is 4.79 Å². The van der Waals surface area contributed by atoms with Crippen molar-refractivity contribution in [2.24, 2.45) is 0 Å². The molecule has 1 heterocycles. The van der Waals surface area contributed by atoms with Gasteiger partial charge in [-0.3, -0.25) is 4.79 Å². The van der Waals surface area contributed by atoms with E-state index in [0.717, 1.165) is 6.54 Å². The van der Waals surface area contributed by atoms with Gasteiger partial charge < -0.3 is 4.90 Å². The number of benzene rings is 2. The zero-order valence-corrected chi connectivity index (χ0v) is 10.8. The first-order chi connectivity index (χ1) is 9.34. The number of ketones is 1. The molecule has 3 rings (SSSR count). The minimum Gasteiger partial charge on any atom is -0.364 e. The molecule has 0 saturated carbocycles. The van der Waals surface area contributed by atoms with E-state index in [1.807, 2.05) is 36.4 Å². The molecule has 0 spiro atoms. The van der Waals surface area contributed by atoms with E-state index in [1.165, 1.54) is 11.3 Å². The fourth-order valence-electron chi connectivity index (χ4n) is 2.73. The Labute approximate surface area is 113 Å². The maximum Gasteiger partial charge on any atom is 0.137 e. The molecule has 0 aliphatic carbocycles. The Morgan fingerprint density at radius 1 is 0.895 bits per heavy atom. The second kappa shape index (κ2) is 5.27. The van der Waals surface area contributed by atoms with Crippen LogP contribution in [0.5, 0.6) is 0 Å². The molecule has 19 heavy (non-hydrogen) atoms. The van der Waals surface area contributed by atoms with E-state index in [1.54, 1.807) is 0 Å². The molecule has 0 aromatic heterocycles. The number of para-hydroxylation sites is 1. The van der Waals surface area contributed by atoms with Gasteiger partial charge in [-0.1, -0.05) is 48.5 Å². The zero-order valence-electron chi connectivity index (χ0n) is 10.8. The van der Waals surface area contributed by atoms with Crippen LogP contribution < -0.4 is 4.90 Å². The maximum absolute atomic E-state index is 11.8. The highest BCUT2D eigenvalue weighted by Crippen LogP contribution is 2.33. The van der Waals surface area contributed by atoms with Crippen molar-refractivity contribution in [3.05, 3.63) is 66.2 Å². The average molecular weight is 251 g/mol. The first-order valence-electron chi connectivity index (χ1n) is 6.73. The predicted molar refractivity (Wildman–Crippen MR) is 77.2 cm³/mol. The molecule has 2 heteroatoms. The molecule has 0 radical (unpaired) electrons. The van der Waals surface area contributed by atoms with Crippen molar-refractivity contribution in [2.45, 2.75) is 18.9 Å². The van der Waals surface area contributed by atoms with Crippen molar-refractivity contribution >= 4 is 11.5 Å². The molecule has 1 fully saturated rings. The summed E-state index contributed by atoms with van der Waals surface area (Å²) in [5.74, 6) is 0.362. The van der Waals surface area contributed by atoms with Crippen LogP contribution in [0.1, 0.15) is 24.4 Å². The Bertz CT molecular complexity index is 550. The zero-order chi connectivity index (χ0) is 13.1. The van der Waals surface area contributed by atoms with Crippen LogP contribution >= 0.6 is 0 Å². The molecule has 0 N–H and O–H groups in total. The van der Waals surface area contributed by atoms with Crippen molar-refractivity contribution in [3.63, 3.8) is 0 Å². The normalized spacial score (nSPS) is 19.5. The number of carbonyl (C=O) groups excluding carboxylic acids is 1. The fraction of sp³-hybridized carbons (Fsp3) is 0.235. The number of hydrogen-bond donors (Lipinski definition) is 0. The van der Waals surface area contributed by atoms with Crippen molar-refractivity contribution in [2.75, 3.05) is 11.4 Å². The van der Waals surface area contributed by atoms with E-state index in [9.17, 15) is 4.79 Å². The van der Waals surface area contributed by atoms with Gasteiger partial charge in [0.15, 0.2) is 0 Å². The topological polar surface area (TPSA) is 20.3 Å². The summed E-state index contributed by atoms with van der Waals surface area (Å²) in [6, 6.07) is 20.8. The Morgan fingerprint density at radius 3 is 2.21 bits per heavy atom. The molecule has 2 nitrogen and oxygen atoms in total. The predicted octanol–water partition coefficient (Wildman–Crippen LogP) is 3.60. The number of Topliss-reactive ketones (excluding diaryl/α,β-unsaturated/α-hetero) is 1. The molecule has 2 aromatic rings. The minimum atomic E-state index is 0.171. The highest BCUT2D eigenvalue weighted by atomic mass is 16.1. The first-order valence-corrected chi connectivity index (χ1v) is 6.73. The first kappa shape index (κ1) is 12.0. The Morgan fingerprint density at radius 2 is 1.53 bits per heavy atom. The van der Waals surface area contributed by atoms with Gasteiger partial charge in [0.25, 0.3) is 0 Å². The van der Waals surface area contributed by atoms with Crippen molar-refractivity contribution < 1.29 is 4.79 Å². The van der Waals surface area contributed by atoms with Gasteiger partial charge in [0.2, 0.25) is 0 Å². The molecule has 96 valence electrons. The van der Waals surface area contributed by atoms with E-state index >= 15 is 0 Å². The lowest BCUT2D eigenvalue weighted by Gasteiger charge is -2.37. The number of rotatable bonds is 2. The highest BCUT2D eigenvalue weighted by molar-refractivity contribution is 5.82. The number of anilines is 1. The summed E-state index contributed by atoms with van der Waals surface area (Å²) in [5.41, 5.74) is 2.42. The molecular formula is C17H17NO. The maximum atomic E-state index is 11.8. The molecule has 0 unspecified atom stereocenters. The lowest BCUT2D eigenvalue weighted by Crippen LogP contribution is -2.37. The molecule has 1 aliphatic rings. The SMILES string of the molecule is O=C1CCN(c2ccccc2)[C@H](c2ccccc2)C1. The van der Waals surface area contributed by atoms with Crippen molar-refractivity contribution in [1.82, 2.24) is 0 Å². The van der Waals surface area contributed by atoms with Gasteiger partial charge >= 0.3 is 0 Å². The molecule has 0 amide bonds. The van der Waals surface area contributed by atoms with E-state index in [2.05, 4.69) is 29.2 Å². The third kappa shape index (κ3) is 2.53. The van der Waals surface area contributed by atoms with E-state index in [4.69, 9.17) is 0 Å². The van der Waals surface area contributed by atoms with Crippen LogP contribution in [0.25, 0.3) is 0 Å². The summed E-state index contributed by atoms with van der Waals surface area (Å²) < 4.78 is 0. The van der Waals surface area contributed by atoms with Crippen molar-refractivity contribution in [1.29, 1.82) is 0 Å². The second-order valence-electron chi connectivity index (χ2n) is 4.95. The number of nitrogens with zero attached hydrogens (tertiary/aromatic N) is 1. The summed E-state index contributed by atoms with van der Waals surface area (Å²) in [6.45, 7) is 0.808.